The molecular formula is C14H16ClNO4. The zero-order valence-electron chi connectivity index (χ0n) is 11.2. The second-order valence-electron chi connectivity index (χ2n) is 5.48. The van der Waals surface area contributed by atoms with Crippen molar-refractivity contribution in [3.05, 3.63) is 22.7 Å². The molecule has 0 aromatic heterocycles. The molecule has 0 unspecified atom stereocenters. The summed E-state index contributed by atoms with van der Waals surface area (Å²) in [6.07, 6.45) is 1.16. The maximum atomic E-state index is 12.5. The summed E-state index contributed by atoms with van der Waals surface area (Å²) in [4.78, 5) is 14.2. The largest absolute Gasteiger partial charge is 0.454 e. The summed E-state index contributed by atoms with van der Waals surface area (Å²) >= 11 is 6.09. The summed E-state index contributed by atoms with van der Waals surface area (Å²) in [7, 11) is 0. The highest BCUT2D eigenvalue weighted by Crippen LogP contribution is 2.40. The summed E-state index contributed by atoms with van der Waals surface area (Å²) in [6, 6.07) is 3.26. The van der Waals surface area contributed by atoms with Gasteiger partial charge in [-0.25, -0.2) is 0 Å². The molecule has 0 spiro atoms. The van der Waals surface area contributed by atoms with Crippen molar-refractivity contribution in [2.75, 3.05) is 19.9 Å². The zero-order valence-corrected chi connectivity index (χ0v) is 11.9. The van der Waals surface area contributed by atoms with Crippen LogP contribution in [0.5, 0.6) is 11.5 Å². The molecule has 1 N–H and O–H groups in total. The standard InChI is InChI=1S/C14H16ClNO4/c1-14(18)2-4-16(5-3-14)13(17)9-6-10(15)12-11(7-9)19-8-20-12/h6-7,18H,2-5,8H2,1H3. The Morgan fingerprint density at radius 3 is 2.75 bits per heavy atom. The van der Waals surface area contributed by atoms with Gasteiger partial charge < -0.3 is 19.5 Å². The predicted octanol–water partition coefficient (Wildman–Crippen LogP) is 2.06. The first-order chi connectivity index (χ1) is 9.46. The normalized spacial score (nSPS) is 20.1. The fraction of sp³-hybridized carbons (Fsp3) is 0.500. The molecule has 108 valence electrons. The van der Waals surface area contributed by atoms with E-state index in [0.717, 1.165) is 0 Å². The van der Waals surface area contributed by atoms with Gasteiger partial charge in [-0.05, 0) is 31.9 Å². The van der Waals surface area contributed by atoms with Crippen molar-refractivity contribution in [2.24, 2.45) is 0 Å². The molecule has 0 atom stereocenters. The van der Waals surface area contributed by atoms with E-state index in [1.165, 1.54) is 0 Å². The molecule has 1 amide bonds. The fourth-order valence-corrected chi connectivity index (χ4v) is 2.73. The molecule has 1 aromatic carbocycles. The first kappa shape index (κ1) is 13.5. The molecule has 3 rings (SSSR count). The maximum absolute atomic E-state index is 12.5. The van der Waals surface area contributed by atoms with Gasteiger partial charge in [-0.1, -0.05) is 11.6 Å². The quantitative estimate of drug-likeness (QED) is 0.862. The third-order valence-electron chi connectivity index (χ3n) is 3.80. The lowest BCUT2D eigenvalue weighted by atomic mass is 9.93. The molecule has 0 radical (unpaired) electrons. The molecular weight excluding hydrogens is 282 g/mol. The van der Waals surface area contributed by atoms with Gasteiger partial charge in [0.2, 0.25) is 6.79 Å². The van der Waals surface area contributed by atoms with Crippen LogP contribution >= 0.6 is 11.6 Å². The Kier molecular flexibility index (Phi) is 3.26. The van der Waals surface area contributed by atoms with Crippen molar-refractivity contribution in [3.8, 4) is 11.5 Å². The van der Waals surface area contributed by atoms with Gasteiger partial charge in [0.15, 0.2) is 11.5 Å². The van der Waals surface area contributed by atoms with Gasteiger partial charge >= 0.3 is 0 Å². The number of carbonyl (C=O) groups is 1. The number of hydrogen-bond acceptors (Lipinski definition) is 4. The average Bonchev–Trinajstić information content (AvgIpc) is 2.86. The topological polar surface area (TPSA) is 59.0 Å². The van der Waals surface area contributed by atoms with Crippen LogP contribution in [0, 0.1) is 0 Å². The first-order valence-electron chi connectivity index (χ1n) is 6.57. The van der Waals surface area contributed by atoms with E-state index in [-0.39, 0.29) is 12.7 Å². The van der Waals surface area contributed by atoms with E-state index in [4.69, 9.17) is 21.1 Å². The SMILES string of the molecule is CC1(O)CCN(C(=O)c2cc(Cl)c3c(c2)OCO3)CC1. The van der Waals surface area contributed by atoms with Crippen molar-refractivity contribution in [1.82, 2.24) is 4.90 Å². The number of aliphatic hydroxyl groups is 1. The zero-order chi connectivity index (χ0) is 14.3. The minimum atomic E-state index is -0.677. The van der Waals surface area contributed by atoms with Gasteiger partial charge in [-0.2, -0.15) is 0 Å². The van der Waals surface area contributed by atoms with Gasteiger partial charge in [-0.3, -0.25) is 4.79 Å². The summed E-state index contributed by atoms with van der Waals surface area (Å²) < 4.78 is 10.5. The van der Waals surface area contributed by atoms with Crippen molar-refractivity contribution in [2.45, 2.75) is 25.4 Å². The van der Waals surface area contributed by atoms with Gasteiger partial charge in [0, 0.05) is 18.7 Å². The Morgan fingerprint density at radius 2 is 2.05 bits per heavy atom. The Morgan fingerprint density at radius 1 is 1.35 bits per heavy atom. The number of halogens is 1. The lowest BCUT2D eigenvalue weighted by Crippen LogP contribution is -2.45. The lowest BCUT2D eigenvalue weighted by Gasteiger charge is -2.35. The highest BCUT2D eigenvalue weighted by Gasteiger charge is 2.31. The molecule has 1 aromatic rings. The van der Waals surface area contributed by atoms with Gasteiger partial charge in [-0.15, -0.1) is 0 Å². The van der Waals surface area contributed by atoms with Crippen LogP contribution in [0.4, 0.5) is 0 Å². The summed E-state index contributed by atoms with van der Waals surface area (Å²) in [5.74, 6) is 0.898. The van der Waals surface area contributed by atoms with Gasteiger partial charge in [0.05, 0.1) is 10.6 Å². The molecule has 0 bridgehead atoms. The molecule has 1 fully saturated rings. The fourth-order valence-electron chi connectivity index (χ4n) is 2.46. The Labute approximate surface area is 122 Å². The van der Waals surface area contributed by atoms with Crippen LogP contribution in [0.3, 0.4) is 0 Å². The molecule has 2 aliphatic rings. The van der Waals surface area contributed by atoms with E-state index < -0.39 is 5.60 Å². The van der Waals surface area contributed by atoms with Crippen LogP contribution in [0.15, 0.2) is 12.1 Å². The van der Waals surface area contributed by atoms with E-state index in [2.05, 4.69) is 0 Å². The second-order valence-corrected chi connectivity index (χ2v) is 5.89. The summed E-state index contributed by atoms with van der Waals surface area (Å²) in [5.41, 5.74) is -0.190. The minimum absolute atomic E-state index is 0.0966. The number of likely N-dealkylation sites (tertiary alicyclic amines) is 1. The van der Waals surface area contributed by atoms with E-state index in [9.17, 15) is 9.90 Å². The van der Waals surface area contributed by atoms with Crippen LogP contribution in [0.1, 0.15) is 30.1 Å². The van der Waals surface area contributed by atoms with Crippen LogP contribution in [-0.4, -0.2) is 41.4 Å². The molecule has 5 nitrogen and oxygen atoms in total. The molecule has 6 heteroatoms. The molecule has 1 saturated heterocycles. The highest BCUT2D eigenvalue weighted by molar-refractivity contribution is 6.32. The molecule has 2 aliphatic heterocycles. The number of amides is 1. The number of hydrogen-bond donors (Lipinski definition) is 1. The number of carbonyl (C=O) groups excluding carboxylic acids is 1. The van der Waals surface area contributed by atoms with E-state index in [0.29, 0.717) is 48.0 Å². The van der Waals surface area contributed by atoms with Crippen molar-refractivity contribution >= 4 is 17.5 Å². The van der Waals surface area contributed by atoms with E-state index in [1.54, 1.807) is 24.0 Å². The number of rotatable bonds is 1. The Hall–Kier alpha value is -1.46. The lowest BCUT2D eigenvalue weighted by molar-refractivity contribution is -0.00203. The Bertz CT molecular complexity index is 548. The molecule has 0 saturated carbocycles. The molecule has 20 heavy (non-hydrogen) atoms. The van der Waals surface area contributed by atoms with Gasteiger partial charge in [0.1, 0.15) is 0 Å². The minimum Gasteiger partial charge on any atom is -0.454 e. The number of nitrogens with zero attached hydrogens (tertiary/aromatic N) is 1. The van der Waals surface area contributed by atoms with Crippen LogP contribution in [0.25, 0.3) is 0 Å². The van der Waals surface area contributed by atoms with E-state index >= 15 is 0 Å². The monoisotopic (exact) mass is 297 g/mol. The highest BCUT2D eigenvalue weighted by atomic mass is 35.5. The second kappa shape index (κ2) is 4.82. The molecule has 0 aliphatic carbocycles. The number of piperidine rings is 1. The van der Waals surface area contributed by atoms with Gasteiger partial charge in [0.25, 0.3) is 5.91 Å². The van der Waals surface area contributed by atoms with E-state index in [1.807, 2.05) is 0 Å². The smallest absolute Gasteiger partial charge is 0.254 e. The number of fused-ring (bicyclic) bond motifs is 1. The Balaban J connectivity index is 1.80. The predicted molar refractivity (Wildman–Crippen MR) is 73.3 cm³/mol. The molecule has 2 heterocycles. The van der Waals surface area contributed by atoms with Crippen LogP contribution in [0.2, 0.25) is 5.02 Å². The summed E-state index contributed by atoms with van der Waals surface area (Å²) in [6.45, 7) is 3.00. The average molecular weight is 298 g/mol. The van der Waals surface area contributed by atoms with Crippen LogP contribution < -0.4 is 9.47 Å². The maximum Gasteiger partial charge on any atom is 0.254 e. The first-order valence-corrected chi connectivity index (χ1v) is 6.95. The van der Waals surface area contributed by atoms with Crippen molar-refractivity contribution < 1.29 is 19.4 Å². The number of ether oxygens (including phenoxy) is 2. The number of benzene rings is 1. The van der Waals surface area contributed by atoms with Crippen LogP contribution in [-0.2, 0) is 0 Å². The van der Waals surface area contributed by atoms with Crippen molar-refractivity contribution in [1.29, 1.82) is 0 Å². The third kappa shape index (κ3) is 2.43. The summed E-state index contributed by atoms with van der Waals surface area (Å²) in [5, 5.41) is 10.3. The van der Waals surface area contributed by atoms with Crippen molar-refractivity contribution in [3.63, 3.8) is 0 Å². The third-order valence-corrected chi connectivity index (χ3v) is 4.08.